The van der Waals surface area contributed by atoms with Crippen molar-refractivity contribution in [3.63, 3.8) is 0 Å². The molecule has 1 aliphatic rings. The summed E-state index contributed by atoms with van der Waals surface area (Å²) in [6.07, 6.45) is 5.69. The lowest BCUT2D eigenvalue weighted by molar-refractivity contribution is -0.122. The van der Waals surface area contributed by atoms with Crippen molar-refractivity contribution in [2.24, 2.45) is 0 Å². The molecule has 248 valence electrons. The number of hydrogen-bond donors (Lipinski definition) is 3. The molecule has 0 aliphatic heterocycles. The zero-order chi connectivity index (χ0) is 33.5. The van der Waals surface area contributed by atoms with Crippen LogP contribution < -0.4 is 35.6 Å². The molecule has 1 heterocycles. The first-order valence-corrected chi connectivity index (χ1v) is 17.0. The predicted molar refractivity (Wildman–Crippen MR) is 188 cm³/mol. The molecule has 1 aliphatic carbocycles. The maximum absolute atomic E-state index is 13.9. The van der Waals surface area contributed by atoms with Crippen molar-refractivity contribution in [2.75, 3.05) is 45.2 Å². The van der Waals surface area contributed by atoms with Crippen molar-refractivity contribution < 1.29 is 23.8 Å². The molecule has 3 N–H and O–H groups in total. The maximum Gasteiger partial charge on any atom is 0.242 e. The smallest absolute Gasteiger partial charge is 0.242 e. The van der Waals surface area contributed by atoms with Crippen LogP contribution in [0, 0.1) is 0 Å². The van der Waals surface area contributed by atoms with Gasteiger partial charge in [-0.2, -0.15) is 11.8 Å². The molecule has 1 aromatic heterocycles. The molecule has 0 saturated carbocycles. The van der Waals surface area contributed by atoms with Crippen LogP contribution in [0.5, 0.6) is 17.2 Å². The van der Waals surface area contributed by atoms with Gasteiger partial charge >= 0.3 is 0 Å². The fraction of sp³-hybridized carbons (Fsp3) is 0.361. The van der Waals surface area contributed by atoms with E-state index in [9.17, 15) is 14.4 Å². The van der Waals surface area contributed by atoms with E-state index < -0.39 is 12.1 Å². The standard InChI is InChI=1S/C36H42N4O6S/c1-22(41)38-27-12-10-24-20-32(44-2)34(45-3)35(46-4)33(24)25-11-13-28(31(42)21-26(25)27)39-29(15-19-47-5)36(43)37-16-18-40-17-14-23-8-6-7-9-30(23)40/h6-9,11,13-14,17,20-21,27,29H,10,12,15-16,18-19H2,1-5H3,(H,37,43)(H,38,41)(H,39,42). The summed E-state index contributed by atoms with van der Waals surface area (Å²) in [6.45, 7) is 2.52. The molecule has 0 bridgehead atoms. The lowest BCUT2D eigenvalue weighted by Crippen LogP contribution is -2.42. The topological polar surface area (TPSA) is 120 Å². The molecule has 10 nitrogen and oxygen atoms in total. The molecule has 2 amide bonds. The molecule has 0 spiro atoms. The van der Waals surface area contributed by atoms with Gasteiger partial charge in [-0.25, -0.2) is 0 Å². The van der Waals surface area contributed by atoms with Crippen molar-refractivity contribution in [1.29, 1.82) is 0 Å². The number of para-hydroxylation sites is 1. The fourth-order valence-corrected chi connectivity index (χ4v) is 6.75. The number of nitrogens with one attached hydrogen (secondary N) is 3. The third-order valence-corrected chi connectivity index (χ3v) is 9.15. The molecule has 3 aromatic carbocycles. The number of anilines is 1. The van der Waals surface area contributed by atoms with Crippen LogP contribution in [0.25, 0.3) is 22.0 Å². The number of nitrogens with zero attached hydrogens (tertiary/aromatic N) is 1. The van der Waals surface area contributed by atoms with Gasteiger partial charge < -0.3 is 34.7 Å². The van der Waals surface area contributed by atoms with E-state index in [-0.39, 0.29) is 17.2 Å². The van der Waals surface area contributed by atoms with Gasteiger partial charge in [0, 0.05) is 37.3 Å². The lowest BCUT2D eigenvalue weighted by Gasteiger charge is -2.19. The van der Waals surface area contributed by atoms with Crippen LogP contribution in [-0.2, 0) is 22.6 Å². The minimum Gasteiger partial charge on any atom is -0.493 e. The molecule has 47 heavy (non-hydrogen) atoms. The van der Waals surface area contributed by atoms with E-state index in [2.05, 4.69) is 38.7 Å². The number of hydrogen-bond acceptors (Lipinski definition) is 8. The molecule has 0 saturated heterocycles. The average Bonchev–Trinajstić information content (AvgIpc) is 3.34. The summed E-state index contributed by atoms with van der Waals surface area (Å²) in [5, 5.41) is 10.5. The summed E-state index contributed by atoms with van der Waals surface area (Å²) in [5.41, 5.74) is 4.20. The number of fused-ring (bicyclic) bond motifs is 4. The van der Waals surface area contributed by atoms with Gasteiger partial charge in [-0.3, -0.25) is 14.4 Å². The normalized spacial score (nSPS) is 14.3. The summed E-state index contributed by atoms with van der Waals surface area (Å²) in [6, 6.07) is 16.2. The Morgan fingerprint density at radius 1 is 1.02 bits per heavy atom. The van der Waals surface area contributed by atoms with Gasteiger partial charge in [0.2, 0.25) is 23.0 Å². The fourth-order valence-electron chi connectivity index (χ4n) is 6.28. The monoisotopic (exact) mass is 658 g/mol. The minimum atomic E-state index is -0.629. The number of carbonyl (C=O) groups is 2. The van der Waals surface area contributed by atoms with Crippen molar-refractivity contribution in [3.8, 4) is 28.4 Å². The molecule has 11 heteroatoms. The molecule has 0 fully saturated rings. The molecule has 2 unspecified atom stereocenters. The van der Waals surface area contributed by atoms with E-state index in [4.69, 9.17) is 14.2 Å². The second kappa shape index (κ2) is 15.3. The number of methoxy groups -OCH3 is 3. The quantitative estimate of drug-likeness (QED) is 0.180. The van der Waals surface area contributed by atoms with E-state index in [1.807, 2.05) is 36.7 Å². The van der Waals surface area contributed by atoms with Crippen LogP contribution in [0.2, 0.25) is 0 Å². The number of benzene rings is 2. The average molecular weight is 659 g/mol. The summed E-state index contributed by atoms with van der Waals surface area (Å²) in [5.74, 6) is 1.80. The molecular weight excluding hydrogens is 616 g/mol. The van der Waals surface area contributed by atoms with E-state index in [1.165, 1.54) is 6.92 Å². The van der Waals surface area contributed by atoms with E-state index >= 15 is 0 Å². The molecule has 5 rings (SSSR count). The van der Waals surface area contributed by atoms with Crippen molar-refractivity contribution >= 4 is 40.2 Å². The Balaban J connectivity index is 1.49. The van der Waals surface area contributed by atoms with Gasteiger partial charge in [-0.05, 0) is 83.7 Å². The Morgan fingerprint density at radius 3 is 2.53 bits per heavy atom. The van der Waals surface area contributed by atoms with Crippen molar-refractivity contribution in [1.82, 2.24) is 15.2 Å². The Bertz CT molecular complexity index is 1820. The van der Waals surface area contributed by atoms with Crippen LogP contribution in [0.15, 0.2) is 65.6 Å². The number of amides is 2. The highest BCUT2D eigenvalue weighted by atomic mass is 32.2. The number of ether oxygens (including phenoxy) is 3. The van der Waals surface area contributed by atoms with Crippen LogP contribution >= 0.6 is 11.8 Å². The largest absolute Gasteiger partial charge is 0.493 e. The highest BCUT2D eigenvalue weighted by molar-refractivity contribution is 7.98. The summed E-state index contributed by atoms with van der Waals surface area (Å²) < 4.78 is 19.3. The molecule has 0 radical (unpaired) electrons. The second-order valence-electron chi connectivity index (χ2n) is 11.4. The second-order valence-corrected chi connectivity index (χ2v) is 12.4. The first kappa shape index (κ1) is 33.7. The SMILES string of the molecule is COc1cc2c(c(OC)c1OC)-c1ccc(NC(CCSC)C(=O)NCCn3ccc4ccccc43)c(=O)cc1C(NC(C)=O)CC2. The van der Waals surface area contributed by atoms with E-state index in [0.717, 1.165) is 33.3 Å². The molecule has 4 aromatic rings. The maximum atomic E-state index is 13.9. The first-order chi connectivity index (χ1) is 22.8. The van der Waals surface area contributed by atoms with Crippen molar-refractivity contribution in [3.05, 3.63) is 82.1 Å². The minimum absolute atomic E-state index is 0.178. The van der Waals surface area contributed by atoms with Gasteiger partial charge in [0.25, 0.3) is 0 Å². The van der Waals surface area contributed by atoms with Crippen molar-refractivity contribution in [2.45, 2.75) is 44.8 Å². The zero-order valence-corrected chi connectivity index (χ0v) is 28.3. The van der Waals surface area contributed by atoms with Gasteiger partial charge in [0.05, 0.1) is 33.1 Å². The number of aryl methyl sites for hydroxylation is 1. The first-order valence-electron chi connectivity index (χ1n) is 15.6. The summed E-state index contributed by atoms with van der Waals surface area (Å²) >= 11 is 1.64. The third-order valence-electron chi connectivity index (χ3n) is 8.51. The van der Waals surface area contributed by atoms with E-state index in [0.29, 0.717) is 60.9 Å². The van der Waals surface area contributed by atoms with E-state index in [1.54, 1.807) is 45.2 Å². The van der Waals surface area contributed by atoms with Gasteiger partial charge in [0.15, 0.2) is 11.5 Å². The Morgan fingerprint density at radius 2 is 1.81 bits per heavy atom. The Kier molecular flexibility index (Phi) is 11.0. The summed E-state index contributed by atoms with van der Waals surface area (Å²) in [7, 11) is 4.69. The van der Waals surface area contributed by atoms with Crippen LogP contribution in [0.1, 0.15) is 36.9 Å². The molecular formula is C36H42N4O6S. The highest BCUT2D eigenvalue weighted by Gasteiger charge is 2.30. The lowest BCUT2D eigenvalue weighted by atomic mass is 9.95. The van der Waals surface area contributed by atoms with Crippen LogP contribution in [-0.4, -0.2) is 62.3 Å². The highest BCUT2D eigenvalue weighted by Crippen LogP contribution is 2.50. The Labute approximate surface area is 279 Å². The number of aromatic nitrogens is 1. The summed E-state index contributed by atoms with van der Waals surface area (Å²) in [4.78, 5) is 39.7. The Hall–Kier alpha value is -4.64. The number of rotatable bonds is 13. The zero-order valence-electron chi connectivity index (χ0n) is 27.5. The van der Waals surface area contributed by atoms with Crippen LogP contribution in [0.4, 0.5) is 5.69 Å². The predicted octanol–water partition coefficient (Wildman–Crippen LogP) is 5.17. The van der Waals surface area contributed by atoms with Gasteiger partial charge in [-0.15, -0.1) is 0 Å². The molecule has 2 atom stereocenters. The third kappa shape index (κ3) is 7.35. The number of thioether (sulfide) groups is 1. The van der Waals surface area contributed by atoms with Crippen LogP contribution in [0.3, 0.4) is 0 Å². The van der Waals surface area contributed by atoms with Gasteiger partial charge in [0.1, 0.15) is 6.04 Å². The number of carbonyl (C=O) groups excluding carboxylic acids is 2. The van der Waals surface area contributed by atoms with Gasteiger partial charge in [-0.1, -0.05) is 24.3 Å².